The average Bonchev–Trinajstić information content (AvgIpc) is 2.61. The van der Waals surface area contributed by atoms with E-state index < -0.39 is 0 Å². The molecule has 2 aromatic carbocycles. The van der Waals surface area contributed by atoms with Crippen molar-refractivity contribution in [3.05, 3.63) is 66.7 Å². The summed E-state index contributed by atoms with van der Waals surface area (Å²) in [6.45, 7) is 1.92. The Kier molecular flexibility index (Phi) is 4.63. The van der Waals surface area contributed by atoms with Crippen LogP contribution in [0.15, 0.2) is 71.8 Å². The van der Waals surface area contributed by atoms with Crippen LogP contribution in [0.3, 0.4) is 0 Å². The van der Waals surface area contributed by atoms with E-state index in [2.05, 4.69) is 4.98 Å². The van der Waals surface area contributed by atoms with Gasteiger partial charge in [0.25, 0.3) is 0 Å². The quantitative estimate of drug-likeness (QED) is 0.668. The second-order valence-corrected chi connectivity index (χ2v) is 6.70. The van der Waals surface area contributed by atoms with E-state index in [0.29, 0.717) is 0 Å². The first kappa shape index (κ1) is 15.6. The maximum Gasteiger partial charge on any atom is 0.239 e. The molecule has 1 aromatic heterocycles. The van der Waals surface area contributed by atoms with Crippen molar-refractivity contribution in [1.82, 2.24) is 4.98 Å². The van der Waals surface area contributed by atoms with Crippen LogP contribution in [0.25, 0.3) is 10.9 Å². The molecule has 0 aliphatic heterocycles. The third-order valence-corrected chi connectivity index (χ3v) is 4.72. The minimum Gasteiger partial charge on any atom is -0.315 e. The van der Waals surface area contributed by atoms with Gasteiger partial charge in [0.05, 0.1) is 15.8 Å². The first-order valence-electron chi connectivity index (χ1n) is 7.50. The van der Waals surface area contributed by atoms with Gasteiger partial charge in [0.2, 0.25) is 5.91 Å². The Morgan fingerprint density at radius 2 is 1.70 bits per heavy atom. The fraction of sp³-hybridized carbons (Fsp3) is 0.158. The Morgan fingerprint density at radius 3 is 2.48 bits per heavy atom. The Hall–Kier alpha value is -2.33. The van der Waals surface area contributed by atoms with Crippen LogP contribution in [-0.4, -0.2) is 23.2 Å². The molecule has 3 aromatic rings. The van der Waals surface area contributed by atoms with Gasteiger partial charge in [-0.1, -0.05) is 54.2 Å². The normalized spacial score (nSPS) is 12.1. The van der Waals surface area contributed by atoms with Crippen molar-refractivity contribution in [3.63, 3.8) is 0 Å². The Balaban J connectivity index is 1.74. The van der Waals surface area contributed by atoms with Crippen LogP contribution in [0.5, 0.6) is 0 Å². The highest BCUT2D eigenvalue weighted by Gasteiger charge is 2.20. The number of benzene rings is 2. The van der Waals surface area contributed by atoms with E-state index in [1.165, 1.54) is 11.8 Å². The number of amides is 1. The van der Waals surface area contributed by atoms with Crippen molar-refractivity contribution in [2.75, 3.05) is 11.9 Å². The molecule has 0 fully saturated rings. The summed E-state index contributed by atoms with van der Waals surface area (Å²) >= 11 is 1.49. The molecule has 0 aliphatic rings. The first-order chi connectivity index (χ1) is 11.1. The highest BCUT2D eigenvalue weighted by Crippen LogP contribution is 2.26. The minimum atomic E-state index is -0.200. The van der Waals surface area contributed by atoms with Crippen molar-refractivity contribution < 1.29 is 4.79 Å². The molecular formula is C19H18N2OS. The number of rotatable bonds is 4. The average molecular weight is 322 g/mol. The number of carbonyl (C=O) groups is 1. The van der Waals surface area contributed by atoms with Crippen LogP contribution in [-0.2, 0) is 4.79 Å². The van der Waals surface area contributed by atoms with Gasteiger partial charge in [-0.3, -0.25) is 4.79 Å². The van der Waals surface area contributed by atoms with Gasteiger partial charge in [0.15, 0.2) is 0 Å². The fourth-order valence-electron chi connectivity index (χ4n) is 2.40. The summed E-state index contributed by atoms with van der Waals surface area (Å²) in [7, 11) is 1.81. The molecule has 4 heteroatoms. The Morgan fingerprint density at radius 1 is 1.00 bits per heavy atom. The molecule has 0 spiro atoms. The molecule has 0 aliphatic carbocycles. The number of thioether (sulfide) groups is 1. The van der Waals surface area contributed by atoms with E-state index in [1.807, 2.05) is 80.7 Å². The van der Waals surface area contributed by atoms with Gasteiger partial charge in [0.1, 0.15) is 0 Å². The lowest BCUT2D eigenvalue weighted by atomic mass is 10.2. The van der Waals surface area contributed by atoms with E-state index in [4.69, 9.17) is 0 Å². The molecule has 3 nitrogen and oxygen atoms in total. The molecule has 23 heavy (non-hydrogen) atoms. The zero-order valence-corrected chi connectivity index (χ0v) is 14.0. The fourth-order valence-corrected chi connectivity index (χ4v) is 3.31. The van der Waals surface area contributed by atoms with Gasteiger partial charge in [0, 0.05) is 18.1 Å². The standard InChI is InChI=1S/C19H18N2OS/c1-14(19(22)21(2)16-9-4-3-5-10-16)23-18-13-12-15-8-6-7-11-17(15)20-18/h3-14H,1-2H3/t14-/m1/s1. The molecule has 1 amide bonds. The van der Waals surface area contributed by atoms with Crippen LogP contribution in [0.4, 0.5) is 5.69 Å². The smallest absolute Gasteiger partial charge is 0.239 e. The van der Waals surface area contributed by atoms with E-state index >= 15 is 0 Å². The molecule has 0 saturated carbocycles. The summed E-state index contributed by atoms with van der Waals surface area (Å²) in [4.78, 5) is 18.9. The lowest BCUT2D eigenvalue weighted by Gasteiger charge is -2.21. The molecule has 0 bridgehead atoms. The third kappa shape index (κ3) is 3.54. The zero-order valence-electron chi connectivity index (χ0n) is 13.1. The SMILES string of the molecule is C[C@@H](Sc1ccc2ccccc2n1)C(=O)N(C)c1ccccc1. The van der Waals surface area contributed by atoms with Crippen molar-refractivity contribution in [2.45, 2.75) is 17.2 Å². The largest absolute Gasteiger partial charge is 0.315 e. The zero-order chi connectivity index (χ0) is 16.2. The maximum absolute atomic E-state index is 12.6. The van der Waals surface area contributed by atoms with Crippen molar-refractivity contribution in [2.24, 2.45) is 0 Å². The van der Waals surface area contributed by atoms with E-state index in [-0.39, 0.29) is 11.2 Å². The predicted octanol–water partition coefficient (Wildman–Crippen LogP) is 4.38. The van der Waals surface area contributed by atoms with Crippen LogP contribution in [0.2, 0.25) is 0 Å². The molecule has 116 valence electrons. The minimum absolute atomic E-state index is 0.0659. The first-order valence-corrected chi connectivity index (χ1v) is 8.38. The Bertz CT molecular complexity index is 820. The summed E-state index contributed by atoms with van der Waals surface area (Å²) in [5, 5.41) is 1.78. The topological polar surface area (TPSA) is 33.2 Å². The van der Waals surface area contributed by atoms with Crippen molar-refractivity contribution >= 4 is 34.3 Å². The molecule has 3 rings (SSSR count). The molecule has 0 saturated heterocycles. The molecule has 1 atom stereocenters. The van der Waals surface area contributed by atoms with Gasteiger partial charge in [-0.15, -0.1) is 0 Å². The highest BCUT2D eigenvalue weighted by molar-refractivity contribution is 8.00. The lowest BCUT2D eigenvalue weighted by molar-refractivity contribution is -0.117. The van der Waals surface area contributed by atoms with Crippen LogP contribution < -0.4 is 4.90 Å². The van der Waals surface area contributed by atoms with Crippen LogP contribution in [0.1, 0.15) is 6.92 Å². The van der Waals surface area contributed by atoms with Gasteiger partial charge >= 0.3 is 0 Å². The maximum atomic E-state index is 12.6. The number of para-hydroxylation sites is 2. The second kappa shape index (κ2) is 6.84. The number of aromatic nitrogens is 1. The number of anilines is 1. The second-order valence-electron chi connectivity index (χ2n) is 5.34. The summed E-state index contributed by atoms with van der Waals surface area (Å²) in [6.07, 6.45) is 0. The van der Waals surface area contributed by atoms with Gasteiger partial charge < -0.3 is 4.90 Å². The molecular weight excluding hydrogens is 304 g/mol. The molecule has 1 heterocycles. The monoisotopic (exact) mass is 322 g/mol. The van der Waals surface area contributed by atoms with Crippen LogP contribution >= 0.6 is 11.8 Å². The summed E-state index contributed by atoms with van der Waals surface area (Å²) in [5.74, 6) is 0.0659. The Labute approximate surface area is 140 Å². The van der Waals surface area contributed by atoms with E-state index in [1.54, 1.807) is 4.90 Å². The molecule has 0 unspecified atom stereocenters. The summed E-state index contributed by atoms with van der Waals surface area (Å²) in [6, 6.07) is 21.7. The number of nitrogens with zero attached hydrogens (tertiary/aromatic N) is 2. The third-order valence-electron chi connectivity index (χ3n) is 3.69. The lowest BCUT2D eigenvalue weighted by Crippen LogP contribution is -2.33. The summed E-state index contributed by atoms with van der Waals surface area (Å²) < 4.78 is 0. The number of hydrogen-bond donors (Lipinski definition) is 0. The van der Waals surface area contributed by atoms with E-state index in [0.717, 1.165) is 21.6 Å². The number of fused-ring (bicyclic) bond motifs is 1. The highest BCUT2D eigenvalue weighted by atomic mass is 32.2. The number of pyridine rings is 1. The predicted molar refractivity (Wildman–Crippen MR) is 96.9 cm³/mol. The van der Waals surface area contributed by atoms with Gasteiger partial charge in [-0.2, -0.15) is 0 Å². The van der Waals surface area contributed by atoms with Gasteiger partial charge in [-0.05, 0) is 31.2 Å². The van der Waals surface area contributed by atoms with Crippen LogP contribution in [0, 0.1) is 0 Å². The van der Waals surface area contributed by atoms with Crippen molar-refractivity contribution in [1.29, 1.82) is 0 Å². The number of carbonyl (C=O) groups excluding carboxylic acids is 1. The molecule has 0 N–H and O–H groups in total. The van der Waals surface area contributed by atoms with E-state index in [9.17, 15) is 4.79 Å². The summed E-state index contributed by atoms with van der Waals surface area (Å²) in [5.41, 5.74) is 1.85. The molecule has 0 radical (unpaired) electrons. The van der Waals surface area contributed by atoms with Gasteiger partial charge in [-0.25, -0.2) is 4.98 Å². The number of hydrogen-bond acceptors (Lipinski definition) is 3. The van der Waals surface area contributed by atoms with Crippen molar-refractivity contribution in [3.8, 4) is 0 Å².